The molecule has 142 valence electrons. The summed E-state index contributed by atoms with van der Waals surface area (Å²) in [7, 11) is -4.33. The summed E-state index contributed by atoms with van der Waals surface area (Å²) in [5.41, 5.74) is 6.10. The van der Waals surface area contributed by atoms with Gasteiger partial charge in [0.25, 0.3) is 10.1 Å². The predicted octanol–water partition coefficient (Wildman–Crippen LogP) is 5.28. The third-order valence-electron chi connectivity index (χ3n) is 4.88. The van der Waals surface area contributed by atoms with E-state index < -0.39 is 10.1 Å². The normalized spacial score (nSPS) is 11.1. The van der Waals surface area contributed by atoms with Crippen LogP contribution in [0, 0.1) is 20.8 Å². The van der Waals surface area contributed by atoms with Crippen LogP contribution >= 0.6 is 0 Å². The lowest BCUT2D eigenvalue weighted by Gasteiger charge is -2.21. The van der Waals surface area contributed by atoms with Gasteiger partial charge in [-0.15, -0.1) is 0 Å². The Bertz CT molecular complexity index is 1040. The smallest absolute Gasteiger partial charge is 0.295 e. The van der Waals surface area contributed by atoms with E-state index in [1.54, 1.807) is 13.8 Å². The van der Waals surface area contributed by atoms with Crippen molar-refractivity contribution in [3.05, 3.63) is 88.5 Å². The van der Waals surface area contributed by atoms with Crippen LogP contribution in [0.3, 0.4) is 0 Å². The first kappa shape index (κ1) is 20.8. The van der Waals surface area contributed by atoms with Gasteiger partial charge >= 0.3 is 0 Å². The van der Waals surface area contributed by atoms with E-state index >= 15 is 0 Å². The highest BCUT2D eigenvalue weighted by molar-refractivity contribution is 7.86. The van der Waals surface area contributed by atoms with E-state index in [0.29, 0.717) is 17.5 Å². The van der Waals surface area contributed by atoms with Crippen LogP contribution in [0.2, 0.25) is 0 Å². The lowest BCUT2D eigenvalue weighted by molar-refractivity contribution is 0.482. The number of rotatable bonds is 4. The summed E-state index contributed by atoms with van der Waals surface area (Å²) in [6.07, 6.45) is 0.612. The fourth-order valence-corrected chi connectivity index (χ4v) is 4.73. The topological polar surface area (TPSA) is 89.4 Å². The zero-order valence-corrected chi connectivity index (χ0v) is 16.7. The van der Waals surface area contributed by atoms with Crippen LogP contribution in [0.4, 0.5) is 0 Å². The Morgan fingerprint density at radius 3 is 1.81 bits per heavy atom. The number of hydrogen-bond donors (Lipinski definition) is 2. The van der Waals surface area contributed by atoms with E-state index in [1.807, 2.05) is 67.6 Å². The van der Waals surface area contributed by atoms with Gasteiger partial charge in [0.2, 0.25) is 0 Å². The Kier molecular flexibility index (Phi) is 6.21. The second-order valence-corrected chi connectivity index (χ2v) is 7.92. The second kappa shape index (κ2) is 8.05. The molecule has 0 aliphatic heterocycles. The van der Waals surface area contributed by atoms with Gasteiger partial charge in [-0.3, -0.25) is 4.55 Å². The van der Waals surface area contributed by atoms with E-state index in [2.05, 4.69) is 0 Å². The van der Waals surface area contributed by atoms with E-state index in [4.69, 9.17) is 0 Å². The Morgan fingerprint density at radius 1 is 0.778 bits per heavy atom. The molecule has 0 radical (unpaired) electrons. The summed E-state index contributed by atoms with van der Waals surface area (Å²) in [4.78, 5) is 0.0212. The predicted molar refractivity (Wildman–Crippen MR) is 110 cm³/mol. The monoisotopic (exact) mass is 383 g/mol. The molecule has 3 rings (SSSR count). The van der Waals surface area contributed by atoms with Gasteiger partial charge in [-0.1, -0.05) is 60.7 Å². The third kappa shape index (κ3) is 4.11. The largest absolute Gasteiger partial charge is 0.344 e. The van der Waals surface area contributed by atoms with Crippen LogP contribution < -0.4 is 6.15 Å². The molecule has 5 heteroatoms. The molecule has 0 aromatic heterocycles. The van der Waals surface area contributed by atoms with Gasteiger partial charge in [0.1, 0.15) is 4.90 Å². The highest BCUT2D eigenvalue weighted by atomic mass is 32.2. The van der Waals surface area contributed by atoms with Crippen LogP contribution in [0.1, 0.15) is 27.8 Å². The standard InChI is InChI=1S/C22H22O3S.H3N/c1-15-20(14-18-10-6-4-7-11-18)16(2)22(26(23,24)25)17(3)21(15)19-12-8-5-9-13-19;/h4-13H,14H2,1-3H3,(H,23,24,25);1H3. The Morgan fingerprint density at radius 2 is 1.30 bits per heavy atom. The molecule has 0 aliphatic rings. The fraction of sp³-hybridized carbons (Fsp3) is 0.182. The first-order valence-corrected chi connectivity index (χ1v) is 9.94. The molecule has 4 N–H and O–H groups in total. The molecule has 0 saturated carbocycles. The second-order valence-electron chi connectivity index (χ2n) is 6.56. The highest BCUT2D eigenvalue weighted by Crippen LogP contribution is 2.37. The van der Waals surface area contributed by atoms with Gasteiger partial charge in [-0.25, -0.2) is 0 Å². The van der Waals surface area contributed by atoms with Crippen molar-refractivity contribution < 1.29 is 13.0 Å². The van der Waals surface area contributed by atoms with E-state index in [9.17, 15) is 13.0 Å². The van der Waals surface area contributed by atoms with Gasteiger partial charge in [0, 0.05) is 0 Å². The fourth-order valence-electron chi connectivity index (χ4n) is 3.74. The summed E-state index contributed by atoms with van der Waals surface area (Å²) in [5.74, 6) is 0. The number of benzene rings is 3. The molecule has 0 fully saturated rings. The molecule has 27 heavy (non-hydrogen) atoms. The van der Waals surface area contributed by atoms with Gasteiger partial charge in [-0.05, 0) is 66.1 Å². The van der Waals surface area contributed by atoms with Crippen LogP contribution in [0.25, 0.3) is 11.1 Å². The van der Waals surface area contributed by atoms with Crippen molar-refractivity contribution in [2.24, 2.45) is 0 Å². The van der Waals surface area contributed by atoms with Crippen molar-refractivity contribution in [3.8, 4) is 11.1 Å². The van der Waals surface area contributed by atoms with Crippen LogP contribution in [0.5, 0.6) is 0 Å². The summed E-state index contributed by atoms with van der Waals surface area (Å²) < 4.78 is 34.1. The van der Waals surface area contributed by atoms with E-state index in [-0.39, 0.29) is 11.0 Å². The van der Waals surface area contributed by atoms with E-state index in [0.717, 1.165) is 27.8 Å². The van der Waals surface area contributed by atoms with Crippen molar-refractivity contribution in [2.75, 3.05) is 0 Å². The molecular formula is C22H25NO3S. The summed E-state index contributed by atoms with van der Waals surface area (Å²) >= 11 is 0. The maximum absolute atomic E-state index is 12.1. The molecule has 3 aromatic rings. The zero-order chi connectivity index (χ0) is 18.9. The lowest BCUT2D eigenvalue weighted by Crippen LogP contribution is -2.10. The average Bonchev–Trinajstić information content (AvgIpc) is 2.59. The first-order chi connectivity index (χ1) is 12.3. The molecule has 0 saturated heterocycles. The third-order valence-corrected chi connectivity index (χ3v) is 6.01. The molecular weight excluding hydrogens is 358 g/mol. The van der Waals surface area contributed by atoms with Gasteiger partial charge in [0.05, 0.1) is 0 Å². The van der Waals surface area contributed by atoms with Crippen molar-refractivity contribution in [1.29, 1.82) is 0 Å². The molecule has 0 aliphatic carbocycles. The molecule has 0 atom stereocenters. The van der Waals surface area contributed by atoms with Crippen molar-refractivity contribution >= 4 is 10.1 Å². The van der Waals surface area contributed by atoms with Crippen molar-refractivity contribution in [2.45, 2.75) is 32.1 Å². The molecule has 0 heterocycles. The Labute approximate surface area is 161 Å². The summed E-state index contributed by atoms with van der Waals surface area (Å²) in [6, 6.07) is 19.6. The number of hydrogen-bond acceptors (Lipinski definition) is 3. The van der Waals surface area contributed by atoms with Crippen molar-refractivity contribution in [1.82, 2.24) is 6.15 Å². The minimum atomic E-state index is -4.33. The minimum absolute atomic E-state index is 0. The molecule has 0 amide bonds. The van der Waals surface area contributed by atoms with Gasteiger partial charge in [0.15, 0.2) is 0 Å². The van der Waals surface area contributed by atoms with Gasteiger partial charge < -0.3 is 6.15 Å². The summed E-state index contributed by atoms with van der Waals surface area (Å²) in [6.45, 7) is 5.56. The first-order valence-electron chi connectivity index (χ1n) is 8.50. The van der Waals surface area contributed by atoms with Gasteiger partial charge in [-0.2, -0.15) is 8.42 Å². The SMILES string of the molecule is Cc1c(Cc2ccccc2)c(C)c(S(=O)(=O)O)c(C)c1-c1ccccc1.N. The molecule has 4 nitrogen and oxygen atoms in total. The Balaban J connectivity index is 0.00000261. The molecule has 0 unspecified atom stereocenters. The Hall–Kier alpha value is -2.47. The maximum Gasteiger partial charge on any atom is 0.295 e. The van der Waals surface area contributed by atoms with Crippen molar-refractivity contribution in [3.63, 3.8) is 0 Å². The molecule has 0 spiro atoms. The zero-order valence-electron chi connectivity index (χ0n) is 15.9. The maximum atomic E-state index is 12.1. The average molecular weight is 384 g/mol. The van der Waals surface area contributed by atoms with Crippen LogP contribution in [-0.4, -0.2) is 13.0 Å². The highest BCUT2D eigenvalue weighted by Gasteiger charge is 2.25. The van der Waals surface area contributed by atoms with Crippen LogP contribution in [0.15, 0.2) is 65.6 Å². The van der Waals surface area contributed by atoms with Crippen LogP contribution in [-0.2, 0) is 16.5 Å². The minimum Gasteiger partial charge on any atom is -0.344 e. The quantitative estimate of drug-likeness (QED) is 0.600. The molecule has 0 bridgehead atoms. The molecule has 3 aromatic carbocycles. The van der Waals surface area contributed by atoms with E-state index in [1.165, 1.54) is 0 Å². The lowest BCUT2D eigenvalue weighted by atomic mass is 9.86. The summed E-state index contributed by atoms with van der Waals surface area (Å²) in [5, 5.41) is 0.